The van der Waals surface area contributed by atoms with Crippen LogP contribution in [0, 0.1) is 5.82 Å². The molecule has 0 aliphatic carbocycles. The summed E-state index contributed by atoms with van der Waals surface area (Å²) in [6, 6.07) is 7.84. The van der Waals surface area contributed by atoms with Gasteiger partial charge in [0.25, 0.3) is 11.8 Å². The molecule has 0 atom stereocenters. The van der Waals surface area contributed by atoms with Gasteiger partial charge in [0.15, 0.2) is 0 Å². The van der Waals surface area contributed by atoms with Gasteiger partial charge < -0.3 is 0 Å². The normalized spacial score (nSPS) is 9.90. The quantitative estimate of drug-likeness (QED) is 0.657. The van der Waals surface area contributed by atoms with E-state index in [1.54, 1.807) is 0 Å². The number of carbonyl (C=O) groups excluding carboxylic acids is 2. The van der Waals surface area contributed by atoms with Crippen LogP contribution < -0.4 is 10.9 Å². The Morgan fingerprint density at radius 2 is 1.50 bits per heavy atom. The molecule has 0 radical (unpaired) electrons. The first-order valence-electron chi connectivity index (χ1n) is 5.54. The summed E-state index contributed by atoms with van der Waals surface area (Å²) >= 11 is 5.59. The Morgan fingerprint density at radius 1 is 0.950 bits per heavy atom. The lowest BCUT2D eigenvalue weighted by Gasteiger charge is -2.07. The smallest absolute Gasteiger partial charge is 0.267 e. The van der Waals surface area contributed by atoms with Crippen molar-refractivity contribution in [1.82, 2.24) is 15.8 Å². The van der Waals surface area contributed by atoms with Crippen molar-refractivity contribution in [1.29, 1.82) is 0 Å². The van der Waals surface area contributed by atoms with Crippen LogP contribution in [-0.4, -0.2) is 16.8 Å². The molecule has 0 spiro atoms. The monoisotopic (exact) mass is 293 g/mol. The third kappa shape index (κ3) is 3.52. The Hall–Kier alpha value is -2.47. The molecule has 0 aliphatic rings. The number of nitrogens with zero attached hydrogens (tertiary/aromatic N) is 1. The van der Waals surface area contributed by atoms with E-state index >= 15 is 0 Å². The van der Waals surface area contributed by atoms with Gasteiger partial charge in [0, 0.05) is 11.8 Å². The first-order chi connectivity index (χ1) is 9.56. The SMILES string of the molecule is O=C(NNC(=O)c1ccc(Cl)nc1)c1ccc(F)cc1. The molecule has 1 aromatic heterocycles. The lowest BCUT2D eigenvalue weighted by molar-refractivity contribution is 0.0846. The van der Waals surface area contributed by atoms with Crippen LogP contribution in [0.1, 0.15) is 20.7 Å². The first-order valence-corrected chi connectivity index (χ1v) is 5.92. The number of amides is 2. The van der Waals surface area contributed by atoms with Gasteiger partial charge >= 0.3 is 0 Å². The Kier molecular flexibility index (Phi) is 4.27. The number of pyridine rings is 1. The molecule has 7 heteroatoms. The summed E-state index contributed by atoms with van der Waals surface area (Å²) in [6.07, 6.45) is 1.28. The molecule has 20 heavy (non-hydrogen) atoms. The van der Waals surface area contributed by atoms with E-state index in [4.69, 9.17) is 11.6 Å². The van der Waals surface area contributed by atoms with E-state index in [-0.39, 0.29) is 16.3 Å². The van der Waals surface area contributed by atoms with Gasteiger partial charge in [0.2, 0.25) is 0 Å². The number of aromatic nitrogens is 1. The van der Waals surface area contributed by atoms with Gasteiger partial charge in [0.1, 0.15) is 11.0 Å². The highest BCUT2D eigenvalue weighted by Gasteiger charge is 2.09. The Bertz CT molecular complexity index is 572. The highest BCUT2D eigenvalue weighted by molar-refractivity contribution is 6.29. The second-order valence-electron chi connectivity index (χ2n) is 3.78. The molecule has 102 valence electrons. The second-order valence-corrected chi connectivity index (χ2v) is 4.17. The minimum absolute atomic E-state index is 0.223. The average molecular weight is 294 g/mol. The molecule has 5 nitrogen and oxygen atoms in total. The summed E-state index contributed by atoms with van der Waals surface area (Å²) in [6.45, 7) is 0. The zero-order valence-corrected chi connectivity index (χ0v) is 10.8. The van der Waals surface area contributed by atoms with Gasteiger partial charge in [-0.3, -0.25) is 20.4 Å². The third-order valence-corrected chi connectivity index (χ3v) is 2.61. The summed E-state index contributed by atoms with van der Waals surface area (Å²) in [4.78, 5) is 27.1. The van der Waals surface area contributed by atoms with Crippen LogP contribution >= 0.6 is 11.6 Å². The molecule has 0 unspecified atom stereocenters. The van der Waals surface area contributed by atoms with Crippen LogP contribution in [0.2, 0.25) is 5.15 Å². The molecular formula is C13H9ClFN3O2. The second kappa shape index (κ2) is 6.12. The number of carbonyl (C=O) groups is 2. The van der Waals surface area contributed by atoms with Crippen LogP contribution in [0.15, 0.2) is 42.6 Å². The van der Waals surface area contributed by atoms with Crippen LogP contribution in [-0.2, 0) is 0 Å². The standard InChI is InChI=1S/C13H9ClFN3O2/c14-11-6-3-9(7-16-11)13(20)18-17-12(19)8-1-4-10(15)5-2-8/h1-7H,(H,17,19)(H,18,20). The largest absolute Gasteiger partial charge is 0.271 e. The number of hydrazine groups is 1. The maximum Gasteiger partial charge on any atom is 0.271 e. The van der Waals surface area contributed by atoms with Crippen molar-refractivity contribution < 1.29 is 14.0 Å². The molecule has 0 fully saturated rings. The maximum absolute atomic E-state index is 12.7. The van der Waals surface area contributed by atoms with E-state index < -0.39 is 17.6 Å². The topological polar surface area (TPSA) is 71.1 Å². The molecule has 2 N–H and O–H groups in total. The fourth-order valence-corrected chi connectivity index (χ4v) is 1.48. The summed E-state index contributed by atoms with van der Waals surface area (Å²) in [7, 11) is 0. The molecule has 2 rings (SSSR count). The van der Waals surface area contributed by atoms with E-state index in [2.05, 4.69) is 15.8 Å². The Morgan fingerprint density at radius 3 is 2.05 bits per heavy atom. The minimum Gasteiger partial charge on any atom is -0.267 e. The fourth-order valence-electron chi connectivity index (χ4n) is 1.37. The molecule has 1 aromatic carbocycles. The van der Waals surface area contributed by atoms with Gasteiger partial charge in [-0.15, -0.1) is 0 Å². The average Bonchev–Trinajstić information content (AvgIpc) is 2.46. The van der Waals surface area contributed by atoms with Crippen molar-refractivity contribution in [3.63, 3.8) is 0 Å². The predicted octanol–water partition coefficient (Wildman–Crippen LogP) is 1.95. The maximum atomic E-state index is 12.7. The molecule has 0 aliphatic heterocycles. The van der Waals surface area contributed by atoms with Gasteiger partial charge in [-0.2, -0.15) is 0 Å². The number of hydrogen-bond donors (Lipinski definition) is 2. The first kappa shape index (κ1) is 14.0. The van der Waals surface area contributed by atoms with E-state index in [1.807, 2.05) is 0 Å². The van der Waals surface area contributed by atoms with Crippen molar-refractivity contribution >= 4 is 23.4 Å². The van der Waals surface area contributed by atoms with Gasteiger partial charge in [0.05, 0.1) is 5.56 Å². The number of rotatable bonds is 2. The highest BCUT2D eigenvalue weighted by atomic mass is 35.5. The van der Waals surface area contributed by atoms with E-state index in [1.165, 1.54) is 30.5 Å². The van der Waals surface area contributed by atoms with Crippen molar-refractivity contribution in [3.8, 4) is 0 Å². The molecule has 0 bridgehead atoms. The van der Waals surface area contributed by atoms with Crippen LogP contribution in [0.5, 0.6) is 0 Å². The lowest BCUT2D eigenvalue weighted by atomic mass is 10.2. The van der Waals surface area contributed by atoms with E-state index in [0.717, 1.165) is 12.1 Å². The van der Waals surface area contributed by atoms with Crippen molar-refractivity contribution in [2.75, 3.05) is 0 Å². The number of hydrogen-bond acceptors (Lipinski definition) is 3. The minimum atomic E-state index is -0.555. The van der Waals surface area contributed by atoms with Crippen LogP contribution in [0.4, 0.5) is 4.39 Å². The summed E-state index contributed by atoms with van der Waals surface area (Å²) in [5.74, 6) is -1.54. The lowest BCUT2D eigenvalue weighted by Crippen LogP contribution is -2.41. The summed E-state index contributed by atoms with van der Waals surface area (Å²) in [5.41, 5.74) is 4.89. The molecule has 2 amide bonds. The van der Waals surface area contributed by atoms with Crippen molar-refractivity contribution in [3.05, 3.63) is 64.7 Å². The van der Waals surface area contributed by atoms with Gasteiger partial charge in [-0.25, -0.2) is 9.37 Å². The third-order valence-electron chi connectivity index (χ3n) is 2.39. The molecule has 1 heterocycles. The van der Waals surface area contributed by atoms with E-state index in [0.29, 0.717) is 0 Å². The van der Waals surface area contributed by atoms with Crippen molar-refractivity contribution in [2.45, 2.75) is 0 Å². The Balaban J connectivity index is 1.94. The van der Waals surface area contributed by atoms with E-state index in [9.17, 15) is 14.0 Å². The summed E-state index contributed by atoms with van der Waals surface area (Å²) in [5, 5.41) is 0.261. The zero-order valence-electron chi connectivity index (χ0n) is 10.1. The molecular weight excluding hydrogens is 285 g/mol. The highest BCUT2D eigenvalue weighted by Crippen LogP contribution is 2.05. The summed E-state index contributed by atoms with van der Waals surface area (Å²) < 4.78 is 12.7. The molecule has 0 saturated carbocycles. The van der Waals surface area contributed by atoms with Gasteiger partial charge in [-0.1, -0.05) is 11.6 Å². The number of benzene rings is 1. The van der Waals surface area contributed by atoms with Crippen molar-refractivity contribution in [2.24, 2.45) is 0 Å². The molecule has 2 aromatic rings. The fraction of sp³-hybridized carbons (Fsp3) is 0. The van der Waals surface area contributed by atoms with Crippen LogP contribution in [0.25, 0.3) is 0 Å². The number of nitrogens with one attached hydrogen (secondary N) is 2. The zero-order chi connectivity index (χ0) is 14.5. The van der Waals surface area contributed by atoms with Gasteiger partial charge in [-0.05, 0) is 36.4 Å². The predicted molar refractivity (Wildman–Crippen MR) is 70.6 cm³/mol. The van der Waals surface area contributed by atoms with Crippen LogP contribution in [0.3, 0.4) is 0 Å². The Labute approximate surface area is 118 Å². The number of halogens is 2. The molecule has 0 saturated heterocycles.